The highest BCUT2D eigenvalue weighted by molar-refractivity contribution is 5.84. The molecule has 19 heavy (non-hydrogen) atoms. The lowest BCUT2D eigenvalue weighted by Crippen LogP contribution is -2.02. The molecule has 0 spiro atoms. The summed E-state index contributed by atoms with van der Waals surface area (Å²) in [5.41, 5.74) is -0.289. The van der Waals surface area contributed by atoms with E-state index >= 15 is 0 Å². The highest BCUT2D eigenvalue weighted by Crippen LogP contribution is 2.26. The largest absolute Gasteiger partial charge is 0.475 e. The van der Waals surface area contributed by atoms with Crippen molar-refractivity contribution >= 4 is 5.97 Å². The predicted octanol–water partition coefficient (Wildman–Crippen LogP) is 2.48. The summed E-state index contributed by atoms with van der Waals surface area (Å²) in [6, 6.07) is 3.43. The van der Waals surface area contributed by atoms with Crippen molar-refractivity contribution in [1.82, 2.24) is 0 Å². The van der Waals surface area contributed by atoms with Gasteiger partial charge < -0.3 is 14.6 Å². The van der Waals surface area contributed by atoms with Crippen LogP contribution in [0.2, 0.25) is 0 Å². The van der Waals surface area contributed by atoms with Crippen molar-refractivity contribution < 1.29 is 32.6 Å². The lowest BCUT2D eigenvalue weighted by Gasteiger charge is -2.09. The normalized spacial score (nSPS) is 12.4. The number of hydrogen-bond acceptors (Lipinski definition) is 3. The maximum Gasteiger partial charge on any atom is 0.371 e. The molecule has 0 saturated heterocycles. The highest BCUT2D eigenvalue weighted by Gasteiger charge is 2.20. The molecule has 1 aromatic carbocycles. The molecule has 2 aromatic rings. The first-order valence-corrected chi connectivity index (χ1v) is 5.05. The molecule has 0 aliphatic rings. The summed E-state index contributed by atoms with van der Waals surface area (Å²) in [4.78, 5) is 10.6. The van der Waals surface area contributed by atoms with E-state index in [9.17, 15) is 23.1 Å². The Bertz CT molecular complexity index is 613. The molecule has 1 atom stereocenters. The second-order valence-electron chi connectivity index (χ2n) is 3.71. The number of hydrogen-bond donors (Lipinski definition) is 2. The van der Waals surface area contributed by atoms with Gasteiger partial charge in [-0.1, -0.05) is 0 Å². The second-order valence-corrected chi connectivity index (χ2v) is 3.71. The van der Waals surface area contributed by atoms with Gasteiger partial charge in [0.25, 0.3) is 0 Å². The summed E-state index contributed by atoms with van der Waals surface area (Å²) >= 11 is 0. The van der Waals surface area contributed by atoms with Gasteiger partial charge in [0.2, 0.25) is 5.76 Å². The minimum Gasteiger partial charge on any atom is -0.475 e. The predicted molar refractivity (Wildman–Crippen MR) is 56.0 cm³/mol. The van der Waals surface area contributed by atoms with Gasteiger partial charge in [0.1, 0.15) is 11.9 Å². The zero-order valence-electron chi connectivity index (χ0n) is 9.23. The maximum atomic E-state index is 13.0. The number of halogens is 3. The first kappa shape index (κ1) is 13.2. The molecule has 2 rings (SSSR count). The van der Waals surface area contributed by atoms with E-state index in [0.717, 1.165) is 12.1 Å². The summed E-state index contributed by atoms with van der Waals surface area (Å²) < 4.78 is 43.5. The van der Waals surface area contributed by atoms with Gasteiger partial charge in [-0.3, -0.25) is 0 Å². The number of benzene rings is 1. The number of rotatable bonds is 3. The van der Waals surface area contributed by atoms with Gasteiger partial charge >= 0.3 is 5.97 Å². The highest BCUT2D eigenvalue weighted by atomic mass is 19.2. The van der Waals surface area contributed by atoms with Gasteiger partial charge in [0.15, 0.2) is 17.5 Å². The summed E-state index contributed by atoms with van der Waals surface area (Å²) in [6.45, 7) is 0. The fourth-order valence-corrected chi connectivity index (χ4v) is 1.51. The molecule has 0 bridgehead atoms. The Hall–Kier alpha value is -2.28. The zero-order valence-corrected chi connectivity index (χ0v) is 9.23. The number of furan rings is 1. The molecule has 1 heterocycles. The third-order valence-corrected chi connectivity index (χ3v) is 2.43. The van der Waals surface area contributed by atoms with Crippen LogP contribution < -0.4 is 0 Å². The van der Waals surface area contributed by atoms with E-state index in [1.807, 2.05) is 0 Å². The van der Waals surface area contributed by atoms with Gasteiger partial charge in [-0.05, 0) is 29.8 Å². The Kier molecular flexibility index (Phi) is 3.30. The summed E-state index contributed by atoms with van der Waals surface area (Å²) in [5.74, 6) is -6.57. The van der Waals surface area contributed by atoms with Crippen molar-refractivity contribution in [3.8, 4) is 0 Å². The molecular formula is C12H7F3O4. The molecule has 0 aliphatic carbocycles. The minimum atomic E-state index is -1.65. The third kappa shape index (κ3) is 2.45. The molecular weight excluding hydrogens is 265 g/mol. The van der Waals surface area contributed by atoms with Crippen molar-refractivity contribution in [3.63, 3.8) is 0 Å². The van der Waals surface area contributed by atoms with Gasteiger partial charge in [-0.2, -0.15) is 0 Å². The minimum absolute atomic E-state index is 0.220. The molecule has 100 valence electrons. The first-order chi connectivity index (χ1) is 8.90. The SMILES string of the molecule is O=C(O)c1ccc(C(O)c2cc(F)c(F)c(F)c2)o1. The maximum absolute atomic E-state index is 13.0. The summed E-state index contributed by atoms with van der Waals surface area (Å²) in [5, 5.41) is 18.4. The topological polar surface area (TPSA) is 70.7 Å². The molecule has 0 fully saturated rings. The van der Waals surface area contributed by atoms with Gasteiger partial charge in [-0.25, -0.2) is 18.0 Å². The van der Waals surface area contributed by atoms with Crippen molar-refractivity contribution in [3.05, 3.63) is 58.8 Å². The van der Waals surface area contributed by atoms with Crippen molar-refractivity contribution in [1.29, 1.82) is 0 Å². The second kappa shape index (κ2) is 4.77. The van der Waals surface area contributed by atoms with E-state index < -0.39 is 35.3 Å². The number of aliphatic hydroxyl groups excluding tert-OH is 1. The fourth-order valence-electron chi connectivity index (χ4n) is 1.51. The van der Waals surface area contributed by atoms with Crippen LogP contribution in [-0.4, -0.2) is 16.2 Å². The first-order valence-electron chi connectivity index (χ1n) is 5.05. The molecule has 0 radical (unpaired) electrons. The lowest BCUT2D eigenvalue weighted by atomic mass is 10.1. The average Bonchev–Trinajstić information content (AvgIpc) is 2.84. The van der Waals surface area contributed by atoms with Crippen molar-refractivity contribution in [2.24, 2.45) is 0 Å². The summed E-state index contributed by atoms with van der Waals surface area (Å²) in [6.07, 6.45) is -1.60. The van der Waals surface area contributed by atoms with Gasteiger partial charge in [0, 0.05) is 0 Å². The van der Waals surface area contributed by atoms with Crippen molar-refractivity contribution in [2.45, 2.75) is 6.10 Å². The Labute approximate surface area is 104 Å². The zero-order chi connectivity index (χ0) is 14.2. The van der Waals surface area contributed by atoms with Crippen LogP contribution in [0.25, 0.3) is 0 Å². The van der Waals surface area contributed by atoms with Crippen LogP contribution in [0.4, 0.5) is 13.2 Å². The number of carboxylic acid groups (broad SMARTS) is 1. The number of carbonyl (C=O) groups is 1. The Morgan fingerprint density at radius 2 is 1.74 bits per heavy atom. The van der Waals surface area contributed by atoms with Crippen LogP contribution in [-0.2, 0) is 0 Å². The van der Waals surface area contributed by atoms with Crippen LogP contribution in [0, 0.1) is 17.5 Å². The van der Waals surface area contributed by atoms with Crippen LogP contribution >= 0.6 is 0 Å². The summed E-state index contributed by atoms with van der Waals surface area (Å²) in [7, 11) is 0. The van der Waals surface area contributed by atoms with Crippen LogP contribution in [0.5, 0.6) is 0 Å². The Balaban J connectivity index is 2.38. The number of aliphatic hydroxyl groups is 1. The molecule has 0 aliphatic heterocycles. The lowest BCUT2D eigenvalue weighted by molar-refractivity contribution is 0.0655. The fraction of sp³-hybridized carbons (Fsp3) is 0.0833. The van der Waals surface area contributed by atoms with Crippen molar-refractivity contribution in [2.75, 3.05) is 0 Å². The van der Waals surface area contributed by atoms with Gasteiger partial charge in [-0.15, -0.1) is 0 Å². The molecule has 2 N–H and O–H groups in total. The van der Waals surface area contributed by atoms with E-state index in [-0.39, 0.29) is 11.3 Å². The van der Waals surface area contributed by atoms with Crippen LogP contribution in [0.15, 0.2) is 28.7 Å². The third-order valence-electron chi connectivity index (χ3n) is 2.43. The molecule has 7 heteroatoms. The quantitative estimate of drug-likeness (QED) is 0.842. The van der Waals surface area contributed by atoms with Gasteiger partial charge in [0.05, 0.1) is 0 Å². The van der Waals surface area contributed by atoms with Crippen LogP contribution in [0.1, 0.15) is 28.0 Å². The van der Waals surface area contributed by atoms with E-state index in [0.29, 0.717) is 12.1 Å². The molecule has 4 nitrogen and oxygen atoms in total. The molecule has 1 aromatic heterocycles. The number of carboxylic acids is 1. The average molecular weight is 272 g/mol. The van der Waals surface area contributed by atoms with E-state index in [2.05, 4.69) is 0 Å². The molecule has 0 saturated carbocycles. The smallest absolute Gasteiger partial charge is 0.371 e. The number of aromatic carboxylic acids is 1. The Morgan fingerprint density at radius 1 is 1.16 bits per heavy atom. The van der Waals surface area contributed by atoms with E-state index in [4.69, 9.17) is 9.52 Å². The van der Waals surface area contributed by atoms with E-state index in [1.165, 1.54) is 0 Å². The Morgan fingerprint density at radius 3 is 2.21 bits per heavy atom. The van der Waals surface area contributed by atoms with E-state index in [1.54, 1.807) is 0 Å². The molecule has 1 unspecified atom stereocenters. The van der Waals surface area contributed by atoms with Crippen LogP contribution in [0.3, 0.4) is 0 Å². The standard InChI is InChI=1S/C12H7F3O4/c13-6-3-5(4-7(14)10(6)15)11(16)8-1-2-9(19-8)12(17)18/h1-4,11,16H,(H,17,18). The molecule has 0 amide bonds. The monoisotopic (exact) mass is 272 g/mol.